The van der Waals surface area contributed by atoms with Gasteiger partial charge in [-0.25, -0.2) is 0 Å². The summed E-state index contributed by atoms with van der Waals surface area (Å²) in [5.41, 5.74) is 13.9. The first-order valence-electron chi connectivity index (χ1n) is 24.7. The quantitative estimate of drug-likeness (QED) is 0.155. The van der Waals surface area contributed by atoms with Gasteiger partial charge in [0.2, 0.25) is 0 Å². The first-order chi connectivity index (χ1) is 32.0. The first-order valence-corrected chi connectivity index (χ1v) is 28.6. The Bertz CT molecular complexity index is 2810. The molecule has 2 heterocycles. The lowest BCUT2D eigenvalue weighted by atomic mass is 9.81. The molecule has 0 saturated heterocycles. The molecule has 1 aliphatic carbocycles. The van der Waals surface area contributed by atoms with Crippen LogP contribution in [-0.2, 0) is 47.3 Å². The Morgan fingerprint density at radius 2 is 0.706 bits per heavy atom. The highest BCUT2D eigenvalue weighted by Gasteiger charge is 2.43. The number of benzene rings is 6. The van der Waals surface area contributed by atoms with E-state index in [4.69, 9.17) is 18.1 Å². The molecule has 3 aliphatic rings. The zero-order valence-corrected chi connectivity index (χ0v) is 46.7. The van der Waals surface area contributed by atoms with E-state index in [0.717, 1.165) is 84.4 Å². The topological polar surface area (TPSA) is 36.9 Å². The molecule has 0 radical (unpaired) electrons. The van der Waals surface area contributed by atoms with Crippen molar-refractivity contribution in [1.82, 2.24) is 0 Å². The van der Waals surface area contributed by atoms with Crippen molar-refractivity contribution in [3.63, 3.8) is 0 Å². The number of fused-ring (bicyclic) bond motifs is 8. The summed E-state index contributed by atoms with van der Waals surface area (Å²) >= 11 is 3.58. The predicted molar refractivity (Wildman–Crippen MR) is 293 cm³/mol. The molecule has 8 heteroatoms. The number of hydrogen-bond acceptors (Lipinski definition) is 6. The summed E-state index contributed by atoms with van der Waals surface area (Å²) in [6.07, 6.45) is 3.71. The van der Waals surface area contributed by atoms with Crippen molar-refractivity contribution in [3.05, 3.63) is 129 Å². The van der Waals surface area contributed by atoms with Crippen molar-refractivity contribution < 1.29 is 18.1 Å². The molecule has 0 bridgehead atoms. The summed E-state index contributed by atoms with van der Waals surface area (Å²) in [7, 11) is -3.74. The van der Waals surface area contributed by atoms with Crippen molar-refractivity contribution in [2.24, 2.45) is 0 Å². The standard InChI is InChI=1S/C60H70O4P2S2/c1-17-35-27-42(57(5,6)7)52-47(31-35)67-48-32-36(18-2)28-43(58(8,9)10)53(48)62-65(61-52)46-26-25-41-39-23-21-22-24-40(39)51(41)56(46)66-63-54-44(59(11,12)13)29-37(19-3)33-49(54)68-50-34-38(20-4)30-45(55(50)64-66)60(14,15)16/h21-34H,17-20H2,1-16H3. The molecule has 0 N–H and O–H groups in total. The number of rotatable bonds is 6. The Hall–Kier alpha value is -3.92. The van der Waals surface area contributed by atoms with E-state index in [0.29, 0.717) is 0 Å². The fourth-order valence-electron chi connectivity index (χ4n) is 9.44. The van der Waals surface area contributed by atoms with Gasteiger partial charge in [0.25, 0.3) is 0 Å². The van der Waals surface area contributed by atoms with Crippen LogP contribution in [0.2, 0.25) is 0 Å². The van der Waals surface area contributed by atoms with Gasteiger partial charge in [-0.2, -0.15) is 0 Å². The van der Waals surface area contributed by atoms with Crippen LogP contribution in [0.15, 0.2) is 105 Å². The highest BCUT2D eigenvalue weighted by Crippen LogP contribution is 2.62. The minimum Gasteiger partial charge on any atom is -0.434 e. The molecule has 356 valence electrons. The highest BCUT2D eigenvalue weighted by atomic mass is 32.2. The van der Waals surface area contributed by atoms with Gasteiger partial charge in [-0.1, -0.05) is 189 Å². The third-order valence-corrected chi connectivity index (χ3v) is 18.7. The van der Waals surface area contributed by atoms with Gasteiger partial charge in [0.05, 0.1) is 30.2 Å². The van der Waals surface area contributed by atoms with Crippen molar-refractivity contribution in [1.29, 1.82) is 0 Å². The normalized spacial score (nSPS) is 14.9. The second-order valence-electron chi connectivity index (χ2n) is 22.8. The van der Waals surface area contributed by atoms with Gasteiger partial charge >= 0.3 is 16.8 Å². The second kappa shape index (κ2) is 18.0. The van der Waals surface area contributed by atoms with Crippen molar-refractivity contribution in [2.75, 3.05) is 0 Å². The Morgan fingerprint density at radius 3 is 1.03 bits per heavy atom. The lowest BCUT2D eigenvalue weighted by molar-refractivity contribution is 0.450. The Kier molecular flexibility index (Phi) is 13.0. The van der Waals surface area contributed by atoms with E-state index < -0.39 is 16.8 Å². The fourth-order valence-corrected chi connectivity index (χ4v) is 15.5. The summed E-state index contributed by atoms with van der Waals surface area (Å²) in [6, 6.07) is 32.2. The highest BCUT2D eigenvalue weighted by molar-refractivity contribution is 8.00. The van der Waals surface area contributed by atoms with E-state index in [1.807, 2.05) is 0 Å². The van der Waals surface area contributed by atoms with Crippen LogP contribution in [-0.4, -0.2) is 0 Å². The Morgan fingerprint density at radius 1 is 0.382 bits per heavy atom. The van der Waals surface area contributed by atoms with Gasteiger partial charge < -0.3 is 18.1 Å². The van der Waals surface area contributed by atoms with Gasteiger partial charge in [-0.15, -0.1) is 0 Å². The van der Waals surface area contributed by atoms with E-state index in [9.17, 15) is 0 Å². The van der Waals surface area contributed by atoms with Crippen LogP contribution >= 0.6 is 40.3 Å². The van der Waals surface area contributed by atoms with Crippen LogP contribution in [0.25, 0.3) is 22.3 Å². The van der Waals surface area contributed by atoms with Crippen molar-refractivity contribution in [3.8, 4) is 45.3 Å². The molecule has 0 unspecified atom stereocenters. The molecule has 0 fully saturated rings. The van der Waals surface area contributed by atoms with Crippen LogP contribution in [0.5, 0.6) is 23.0 Å². The van der Waals surface area contributed by atoms with E-state index in [1.54, 1.807) is 23.5 Å². The summed E-state index contributed by atoms with van der Waals surface area (Å²) in [5, 5.41) is 1.99. The van der Waals surface area contributed by atoms with Gasteiger partial charge in [0.1, 0.15) is 23.0 Å². The molecule has 9 rings (SSSR count). The average molecular weight is 981 g/mol. The smallest absolute Gasteiger partial charge is 0.327 e. The molecule has 0 spiro atoms. The lowest BCUT2D eigenvalue weighted by Crippen LogP contribution is -2.33. The molecule has 0 saturated carbocycles. The summed E-state index contributed by atoms with van der Waals surface area (Å²) < 4.78 is 31.1. The SMILES string of the molecule is CCc1cc2c(c(C(C)(C)C)c1)OP(c1ccc3c(c1P1Oc4c(cc(CC)cc4C(C)(C)C)Sc4cc(CC)cc(C(C)(C)C)c4O1)-c1ccccc1-3)Oc1c(cc(CC)cc1C(C)(C)C)S2. The molecule has 2 aliphatic heterocycles. The third kappa shape index (κ3) is 9.04. The average Bonchev–Trinajstić information content (AvgIpc) is 3.25. The van der Waals surface area contributed by atoms with E-state index in [2.05, 4.69) is 196 Å². The van der Waals surface area contributed by atoms with E-state index >= 15 is 0 Å². The summed E-state index contributed by atoms with van der Waals surface area (Å²) in [5.74, 6) is 3.59. The number of aryl methyl sites for hydroxylation is 4. The Balaban J connectivity index is 1.38. The minimum absolute atomic E-state index is 0.203. The van der Waals surface area contributed by atoms with Crippen LogP contribution in [0.3, 0.4) is 0 Å². The zero-order valence-electron chi connectivity index (χ0n) is 43.3. The third-order valence-electron chi connectivity index (χ3n) is 13.5. The van der Waals surface area contributed by atoms with Gasteiger partial charge in [-0.05, 0) is 117 Å². The van der Waals surface area contributed by atoms with Crippen LogP contribution in [0.4, 0.5) is 0 Å². The molecule has 6 aromatic rings. The van der Waals surface area contributed by atoms with Crippen LogP contribution in [0, 0.1) is 0 Å². The molecule has 0 amide bonds. The first kappa shape index (κ1) is 49.1. The molecule has 68 heavy (non-hydrogen) atoms. The molecule has 0 aromatic heterocycles. The van der Waals surface area contributed by atoms with Crippen molar-refractivity contribution in [2.45, 2.75) is 178 Å². The van der Waals surface area contributed by atoms with E-state index in [-0.39, 0.29) is 21.7 Å². The van der Waals surface area contributed by atoms with Gasteiger partial charge in [0, 0.05) is 27.8 Å². The second-order valence-corrected chi connectivity index (χ2v) is 27.6. The molecular weight excluding hydrogens is 911 g/mol. The van der Waals surface area contributed by atoms with Gasteiger partial charge in [-0.3, -0.25) is 0 Å². The lowest BCUT2D eigenvalue weighted by Gasteiger charge is -2.37. The predicted octanol–water partition coefficient (Wildman–Crippen LogP) is 17.9. The minimum atomic E-state index is -1.88. The van der Waals surface area contributed by atoms with Crippen LogP contribution in [0.1, 0.15) is 155 Å². The van der Waals surface area contributed by atoms with E-state index in [1.165, 1.54) is 61.2 Å². The monoisotopic (exact) mass is 980 g/mol. The maximum atomic E-state index is 7.81. The maximum absolute atomic E-state index is 7.81. The molecule has 4 nitrogen and oxygen atoms in total. The molecular formula is C60H70O4P2S2. The van der Waals surface area contributed by atoms with Gasteiger partial charge in [0.15, 0.2) is 0 Å². The van der Waals surface area contributed by atoms with Crippen LogP contribution < -0.4 is 28.7 Å². The zero-order chi connectivity index (χ0) is 48.8. The number of hydrogen-bond donors (Lipinski definition) is 0. The molecule has 0 atom stereocenters. The largest absolute Gasteiger partial charge is 0.434 e. The van der Waals surface area contributed by atoms with Crippen molar-refractivity contribution >= 4 is 50.9 Å². The molecule has 6 aromatic carbocycles. The Labute approximate surface area is 419 Å². The fraction of sp³-hybridized carbons (Fsp3) is 0.400. The summed E-state index contributed by atoms with van der Waals surface area (Å²) in [4.78, 5) is 4.51. The maximum Gasteiger partial charge on any atom is 0.327 e. The summed E-state index contributed by atoms with van der Waals surface area (Å²) in [6.45, 7) is 36.6.